The molecule has 2 bridgehead atoms. The topological polar surface area (TPSA) is 96.4 Å². The summed E-state index contributed by atoms with van der Waals surface area (Å²) in [5.74, 6) is -2.76. The smallest absolute Gasteiger partial charge is 0.312 e. The Hall–Kier alpha value is -2.20. The molecule has 4 rings (SSSR count). The summed E-state index contributed by atoms with van der Waals surface area (Å²) >= 11 is 9.72. The minimum absolute atomic E-state index is 0.0249. The van der Waals surface area contributed by atoms with Gasteiger partial charge in [-0.3, -0.25) is 14.4 Å². The summed E-state index contributed by atoms with van der Waals surface area (Å²) in [6, 6.07) is 5.93. The Balaban J connectivity index is 1.73. The van der Waals surface area contributed by atoms with E-state index < -0.39 is 35.6 Å². The number of hydrogen-bond donors (Lipinski definition) is 1. The second-order valence-electron chi connectivity index (χ2n) is 9.58. The van der Waals surface area contributed by atoms with Crippen LogP contribution in [0.25, 0.3) is 0 Å². The number of halogens is 2. The molecule has 2 amide bonds. The van der Waals surface area contributed by atoms with Crippen LogP contribution in [0.15, 0.2) is 49.6 Å². The van der Waals surface area contributed by atoms with Gasteiger partial charge in [0.25, 0.3) is 5.91 Å². The van der Waals surface area contributed by atoms with Crippen molar-refractivity contribution in [2.24, 2.45) is 11.8 Å². The lowest BCUT2D eigenvalue weighted by molar-refractivity contribution is -0.154. The second-order valence-corrected chi connectivity index (χ2v) is 11.2. The average molecular weight is 596 g/mol. The van der Waals surface area contributed by atoms with Gasteiger partial charge < -0.3 is 24.4 Å². The maximum absolute atomic E-state index is 14.3. The fraction of sp³-hybridized carbons (Fsp3) is 0.519. The summed E-state index contributed by atoms with van der Waals surface area (Å²) in [4.78, 5) is 44.3. The summed E-state index contributed by atoms with van der Waals surface area (Å²) in [6.45, 7) is 8.07. The SMILES string of the molecule is C=CCCOC(=O)[C@H]1[C@@H]2OC3(CC2Br)C(C(=O)N(CC=C)c2ccc(Cl)cc2)N(CCCCO)C(=O)[C@H]13. The molecule has 8 nitrogen and oxygen atoms in total. The number of anilines is 1. The molecule has 1 N–H and O–H groups in total. The Morgan fingerprint density at radius 1 is 1.27 bits per heavy atom. The molecular formula is C27H32BrClN2O6. The van der Waals surface area contributed by atoms with Crippen molar-refractivity contribution in [3.8, 4) is 0 Å². The number of amides is 2. The fourth-order valence-corrected chi connectivity index (χ4v) is 6.94. The molecule has 0 aromatic heterocycles. The number of aliphatic hydroxyl groups excluding tert-OH is 1. The van der Waals surface area contributed by atoms with Crippen LogP contribution < -0.4 is 4.90 Å². The molecule has 1 aromatic rings. The van der Waals surface area contributed by atoms with Gasteiger partial charge in [-0.25, -0.2) is 0 Å². The Labute approximate surface area is 230 Å². The average Bonchev–Trinajstić information content (AvgIpc) is 3.46. The number of likely N-dealkylation sites (tertiary alicyclic amines) is 1. The number of unbranched alkanes of at least 4 members (excludes halogenated alkanes) is 1. The van der Waals surface area contributed by atoms with E-state index in [1.165, 1.54) is 0 Å². The van der Waals surface area contributed by atoms with Gasteiger partial charge in [-0.2, -0.15) is 0 Å². The summed E-state index contributed by atoms with van der Waals surface area (Å²) in [7, 11) is 0. The number of carbonyl (C=O) groups excluding carboxylic acids is 3. The van der Waals surface area contributed by atoms with Crippen molar-refractivity contribution in [1.82, 2.24) is 4.90 Å². The highest BCUT2D eigenvalue weighted by Gasteiger charge is 2.77. The molecule has 0 aliphatic carbocycles. The van der Waals surface area contributed by atoms with Crippen LogP contribution >= 0.6 is 27.5 Å². The highest BCUT2D eigenvalue weighted by molar-refractivity contribution is 9.09. The van der Waals surface area contributed by atoms with Crippen molar-refractivity contribution in [2.45, 2.75) is 48.3 Å². The molecule has 1 aromatic carbocycles. The van der Waals surface area contributed by atoms with Gasteiger partial charge in [-0.15, -0.1) is 13.2 Å². The van der Waals surface area contributed by atoms with Crippen LogP contribution in [-0.4, -0.2) is 76.7 Å². The number of alkyl halides is 1. The number of ether oxygens (including phenoxy) is 2. The Bertz CT molecular complexity index is 1050. The molecule has 1 spiro atoms. The molecular weight excluding hydrogens is 564 g/mol. The molecule has 10 heteroatoms. The zero-order valence-corrected chi connectivity index (χ0v) is 22.9. The quantitative estimate of drug-likeness (QED) is 0.172. The van der Waals surface area contributed by atoms with Crippen molar-refractivity contribution < 1.29 is 29.0 Å². The first-order valence-electron chi connectivity index (χ1n) is 12.5. The van der Waals surface area contributed by atoms with Crippen LogP contribution in [0, 0.1) is 11.8 Å². The second kappa shape index (κ2) is 11.7. The summed E-state index contributed by atoms with van der Waals surface area (Å²) in [5, 5.41) is 9.86. The first kappa shape index (κ1) is 27.8. The fourth-order valence-electron chi connectivity index (χ4n) is 5.87. The van der Waals surface area contributed by atoms with Gasteiger partial charge in [-0.1, -0.05) is 39.7 Å². The third-order valence-electron chi connectivity index (χ3n) is 7.38. The van der Waals surface area contributed by atoms with E-state index in [4.69, 9.17) is 21.1 Å². The van der Waals surface area contributed by atoms with Crippen molar-refractivity contribution in [2.75, 3.05) is 31.2 Å². The van der Waals surface area contributed by atoms with E-state index in [9.17, 15) is 19.5 Å². The standard InChI is InChI=1S/C27H32BrClN2O6/c1-3-5-15-36-26(35)20-21-24(33)31(13-6-7-14-32)23(27(21)16-19(28)22(20)37-27)25(34)30(12-4-2)18-10-8-17(29)9-11-18/h3-4,8-11,19-23,32H,1-2,5-7,12-16H2/t19?,20-,21+,22-,23?,27?/m1/s1. The van der Waals surface area contributed by atoms with Crippen LogP contribution in [0.3, 0.4) is 0 Å². The monoisotopic (exact) mass is 594 g/mol. The highest BCUT2D eigenvalue weighted by atomic mass is 79.9. The molecule has 3 fully saturated rings. The number of nitrogens with zero attached hydrogens (tertiary/aromatic N) is 2. The summed E-state index contributed by atoms with van der Waals surface area (Å²) in [5.41, 5.74) is -0.569. The number of fused-ring (bicyclic) bond motifs is 1. The molecule has 3 saturated heterocycles. The lowest BCUT2D eigenvalue weighted by Gasteiger charge is -2.37. The van der Waals surface area contributed by atoms with Gasteiger partial charge in [0.05, 0.1) is 24.5 Å². The van der Waals surface area contributed by atoms with E-state index in [2.05, 4.69) is 29.1 Å². The lowest BCUT2D eigenvalue weighted by Crippen LogP contribution is -2.57. The van der Waals surface area contributed by atoms with Crippen molar-refractivity contribution in [1.29, 1.82) is 0 Å². The van der Waals surface area contributed by atoms with Crippen molar-refractivity contribution in [3.63, 3.8) is 0 Å². The maximum Gasteiger partial charge on any atom is 0.312 e. The van der Waals surface area contributed by atoms with Crippen LogP contribution in [-0.2, 0) is 23.9 Å². The first-order chi connectivity index (χ1) is 17.8. The molecule has 3 aliphatic rings. The number of hydrogen-bond acceptors (Lipinski definition) is 6. The van der Waals surface area contributed by atoms with E-state index in [-0.39, 0.29) is 42.9 Å². The zero-order chi connectivity index (χ0) is 26.7. The zero-order valence-electron chi connectivity index (χ0n) is 20.6. The molecule has 6 atom stereocenters. The van der Waals surface area contributed by atoms with E-state index in [0.717, 1.165) is 0 Å². The van der Waals surface area contributed by atoms with Gasteiger partial charge >= 0.3 is 5.97 Å². The Morgan fingerprint density at radius 2 is 2.00 bits per heavy atom. The minimum atomic E-state index is -1.18. The summed E-state index contributed by atoms with van der Waals surface area (Å²) in [6.07, 6.45) is 4.58. The van der Waals surface area contributed by atoms with E-state index in [1.807, 2.05) is 0 Å². The van der Waals surface area contributed by atoms with E-state index in [1.54, 1.807) is 46.2 Å². The molecule has 3 heterocycles. The van der Waals surface area contributed by atoms with Crippen LogP contribution in [0.1, 0.15) is 25.7 Å². The Kier molecular flexibility index (Phi) is 8.78. The molecule has 37 heavy (non-hydrogen) atoms. The normalized spacial score (nSPS) is 29.8. The summed E-state index contributed by atoms with van der Waals surface area (Å²) < 4.78 is 12.0. The number of aliphatic hydroxyl groups is 1. The van der Waals surface area contributed by atoms with Gasteiger partial charge in [0.1, 0.15) is 11.6 Å². The predicted octanol–water partition coefficient (Wildman–Crippen LogP) is 3.50. The molecule has 0 saturated carbocycles. The van der Waals surface area contributed by atoms with Crippen LogP contribution in [0.4, 0.5) is 5.69 Å². The lowest BCUT2D eigenvalue weighted by atomic mass is 9.70. The van der Waals surface area contributed by atoms with Gasteiger partial charge in [0.15, 0.2) is 0 Å². The number of benzene rings is 1. The highest BCUT2D eigenvalue weighted by Crippen LogP contribution is 2.60. The first-order valence-corrected chi connectivity index (χ1v) is 13.8. The Morgan fingerprint density at radius 3 is 2.65 bits per heavy atom. The van der Waals surface area contributed by atoms with Gasteiger partial charge in [0, 0.05) is 35.2 Å². The molecule has 3 unspecified atom stereocenters. The molecule has 200 valence electrons. The van der Waals surface area contributed by atoms with Crippen molar-refractivity contribution >= 4 is 51.0 Å². The maximum atomic E-state index is 14.3. The number of rotatable bonds is 12. The molecule has 3 aliphatic heterocycles. The largest absolute Gasteiger partial charge is 0.465 e. The van der Waals surface area contributed by atoms with Gasteiger partial charge in [0.2, 0.25) is 5.91 Å². The number of esters is 1. The third kappa shape index (κ3) is 4.99. The number of carbonyl (C=O) groups is 3. The van der Waals surface area contributed by atoms with Crippen molar-refractivity contribution in [3.05, 3.63) is 54.6 Å². The predicted molar refractivity (Wildman–Crippen MR) is 144 cm³/mol. The molecule has 0 radical (unpaired) electrons. The van der Waals surface area contributed by atoms with Crippen LogP contribution in [0.2, 0.25) is 5.02 Å². The third-order valence-corrected chi connectivity index (χ3v) is 8.48. The van der Waals surface area contributed by atoms with E-state index in [0.29, 0.717) is 36.4 Å². The van der Waals surface area contributed by atoms with Crippen LogP contribution in [0.5, 0.6) is 0 Å². The van der Waals surface area contributed by atoms with Gasteiger partial charge in [-0.05, 0) is 49.9 Å². The minimum Gasteiger partial charge on any atom is -0.465 e. The van der Waals surface area contributed by atoms with E-state index >= 15 is 0 Å².